The third-order valence-electron chi connectivity index (χ3n) is 5.79. The standard InChI is InChI=1S/C24H23F2N5O3/c1-33-21-5-3-2-4-16(21)24(32)29-13-18-19(25)10-14(11-20(18)26)22-17(12-27)23(28)31(30-22)15-6-8-34-9-7-15/h2-5,10-11,15H,6-9,13,28H2,1H3,(H,29,32). The topological polar surface area (TPSA) is 115 Å². The van der Waals surface area contributed by atoms with Crippen molar-refractivity contribution in [3.8, 4) is 23.1 Å². The van der Waals surface area contributed by atoms with Crippen LogP contribution in [-0.2, 0) is 11.3 Å². The van der Waals surface area contributed by atoms with Crippen LogP contribution in [0.15, 0.2) is 36.4 Å². The molecule has 1 aliphatic heterocycles. The minimum atomic E-state index is -0.876. The van der Waals surface area contributed by atoms with Crippen molar-refractivity contribution in [2.45, 2.75) is 25.4 Å². The molecule has 2 aromatic carbocycles. The molecule has 0 radical (unpaired) electrons. The molecule has 3 N–H and O–H groups in total. The molecule has 4 rings (SSSR count). The summed E-state index contributed by atoms with van der Waals surface area (Å²) in [5.74, 6) is -1.79. The molecule has 8 nitrogen and oxygen atoms in total. The van der Waals surface area contributed by atoms with Gasteiger partial charge in [0.2, 0.25) is 0 Å². The number of hydrogen-bond donors (Lipinski definition) is 2. The Morgan fingerprint density at radius 1 is 1.29 bits per heavy atom. The second kappa shape index (κ2) is 9.89. The summed E-state index contributed by atoms with van der Waals surface area (Å²) in [7, 11) is 1.43. The highest BCUT2D eigenvalue weighted by Gasteiger charge is 2.25. The third-order valence-corrected chi connectivity index (χ3v) is 5.79. The number of ether oxygens (including phenoxy) is 2. The van der Waals surface area contributed by atoms with Gasteiger partial charge in [0.25, 0.3) is 5.91 Å². The minimum absolute atomic E-state index is 0.0579. The van der Waals surface area contributed by atoms with Gasteiger partial charge in [-0.05, 0) is 37.1 Å². The van der Waals surface area contributed by atoms with Gasteiger partial charge in [0, 0.05) is 30.9 Å². The number of nitrogen functional groups attached to an aromatic ring is 1. The molecular weight excluding hydrogens is 444 g/mol. The van der Waals surface area contributed by atoms with Crippen molar-refractivity contribution in [1.82, 2.24) is 15.1 Å². The molecular formula is C24H23F2N5O3. The first-order valence-electron chi connectivity index (χ1n) is 10.7. The van der Waals surface area contributed by atoms with Gasteiger partial charge in [0.15, 0.2) is 0 Å². The first kappa shape index (κ1) is 23.2. The number of halogens is 2. The van der Waals surface area contributed by atoms with E-state index in [1.807, 2.05) is 6.07 Å². The number of nitrogens with two attached hydrogens (primary N) is 1. The molecule has 1 aromatic heterocycles. The fourth-order valence-electron chi connectivity index (χ4n) is 3.97. The fourth-order valence-corrected chi connectivity index (χ4v) is 3.97. The quantitative estimate of drug-likeness (QED) is 0.573. The van der Waals surface area contributed by atoms with Gasteiger partial charge in [-0.1, -0.05) is 12.1 Å². The van der Waals surface area contributed by atoms with Crippen LogP contribution < -0.4 is 15.8 Å². The Balaban J connectivity index is 1.59. The van der Waals surface area contributed by atoms with Crippen molar-refractivity contribution in [1.29, 1.82) is 5.26 Å². The summed E-state index contributed by atoms with van der Waals surface area (Å²) in [4.78, 5) is 12.5. The van der Waals surface area contributed by atoms with E-state index in [-0.39, 0.29) is 46.4 Å². The van der Waals surface area contributed by atoms with Crippen LogP contribution in [-0.4, -0.2) is 36.0 Å². The number of carbonyl (C=O) groups excluding carboxylic acids is 1. The van der Waals surface area contributed by atoms with E-state index < -0.39 is 17.5 Å². The second-order valence-electron chi connectivity index (χ2n) is 7.81. The zero-order valence-electron chi connectivity index (χ0n) is 18.5. The Bertz CT molecular complexity index is 1240. The third kappa shape index (κ3) is 4.43. The number of para-hydroxylation sites is 1. The molecule has 1 saturated heterocycles. The number of aromatic nitrogens is 2. The number of hydrogen-bond acceptors (Lipinski definition) is 6. The maximum atomic E-state index is 14.9. The average Bonchev–Trinajstić information content (AvgIpc) is 3.19. The lowest BCUT2D eigenvalue weighted by Gasteiger charge is -2.23. The predicted molar refractivity (Wildman–Crippen MR) is 120 cm³/mol. The van der Waals surface area contributed by atoms with Crippen LogP contribution >= 0.6 is 0 Å². The maximum Gasteiger partial charge on any atom is 0.255 e. The molecule has 0 aliphatic carbocycles. The summed E-state index contributed by atoms with van der Waals surface area (Å²) in [6, 6.07) is 10.6. The largest absolute Gasteiger partial charge is 0.496 e. The van der Waals surface area contributed by atoms with Gasteiger partial charge >= 0.3 is 0 Å². The van der Waals surface area contributed by atoms with E-state index in [1.54, 1.807) is 24.3 Å². The summed E-state index contributed by atoms with van der Waals surface area (Å²) in [5.41, 5.74) is 6.32. The van der Waals surface area contributed by atoms with E-state index >= 15 is 0 Å². The van der Waals surface area contributed by atoms with Crippen molar-refractivity contribution >= 4 is 11.7 Å². The van der Waals surface area contributed by atoms with Crippen LogP contribution in [0, 0.1) is 23.0 Å². The zero-order chi connectivity index (χ0) is 24.2. The van der Waals surface area contributed by atoms with E-state index in [0.29, 0.717) is 31.8 Å². The molecule has 0 atom stereocenters. The molecule has 34 heavy (non-hydrogen) atoms. The van der Waals surface area contributed by atoms with Crippen LogP contribution in [0.5, 0.6) is 5.75 Å². The molecule has 3 aromatic rings. The summed E-state index contributed by atoms with van der Waals surface area (Å²) in [6.07, 6.45) is 1.34. The van der Waals surface area contributed by atoms with Gasteiger partial charge in [-0.3, -0.25) is 4.79 Å². The van der Waals surface area contributed by atoms with Gasteiger partial charge in [-0.2, -0.15) is 10.4 Å². The Morgan fingerprint density at radius 2 is 1.97 bits per heavy atom. The number of rotatable bonds is 6. The van der Waals surface area contributed by atoms with Crippen LogP contribution in [0.1, 0.15) is 40.4 Å². The number of carbonyl (C=O) groups is 1. The predicted octanol–water partition coefficient (Wildman–Crippen LogP) is 3.57. The van der Waals surface area contributed by atoms with Crippen molar-refractivity contribution in [2.24, 2.45) is 0 Å². The first-order chi connectivity index (χ1) is 16.4. The number of benzene rings is 2. The SMILES string of the molecule is COc1ccccc1C(=O)NCc1c(F)cc(-c2nn(C3CCOCC3)c(N)c2C#N)cc1F. The van der Waals surface area contributed by atoms with E-state index in [9.17, 15) is 18.8 Å². The normalized spacial score (nSPS) is 13.9. The molecule has 2 heterocycles. The summed E-state index contributed by atoms with van der Waals surface area (Å²) >= 11 is 0. The highest BCUT2D eigenvalue weighted by Crippen LogP contribution is 2.33. The highest BCUT2D eigenvalue weighted by molar-refractivity contribution is 5.96. The van der Waals surface area contributed by atoms with Crippen molar-refractivity contribution < 1.29 is 23.0 Å². The molecule has 0 bridgehead atoms. The molecule has 0 unspecified atom stereocenters. The first-order valence-corrected chi connectivity index (χ1v) is 10.7. The van der Waals surface area contributed by atoms with Crippen LogP contribution in [0.4, 0.5) is 14.6 Å². The van der Waals surface area contributed by atoms with E-state index in [1.165, 1.54) is 11.8 Å². The Kier molecular flexibility index (Phi) is 6.75. The van der Waals surface area contributed by atoms with Crippen molar-refractivity contribution in [3.63, 3.8) is 0 Å². The number of nitriles is 1. The van der Waals surface area contributed by atoms with Gasteiger partial charge in [-0.25, -0.2) is 13.5 Å². The number of nitrogens with one attached hydrogen (secondary N) is 1. The van der Waals surface area contributed by atoms with Crippen molar-refractivity contribution in [2.75, 3.05) is 26.1 Å². The maximum absolute atomic E-state index is 14.9. The molecule has 10 heteroatoms. The number of methoxy groups -OCH3 is 1. The van der Waals surface area contributed by atoms with E-state index in [0.717, 1.165) is 12.1 Å². The monoisotopic (exact) mass is 467 g/mol. The minimum Gasteiger partial charge on any atom is -0.496 e. The van der Waals surface area contributed by atoms with Gasteiger partial charge in [-0.15, -0.1) is 0 Å². The lowest BCUT2D eigenvalue weighted by molar-refractivity contribution is 0.0669. The molecule has 0 spiro atoms. The van der Waals surface area contributed by atoms with Crippen LogP contribution in [0.3, 0.4) is 0 Å². The van der Waals surface area contributed by atoms with E-state index in [4.69, 9.17) is 15.2 Å². The average molecular weight is 467 g/mol. The fraction of sp³-hybridized carbons (Fsp3) is 0.292. The summed E-state index contributed by atoms with van der Waals surface area (Å²) < 4.78 is 41.9. The Hall–Kier alpha value is -3.97. The van der Waals surface area contributed by atoms with E-state index in [2.05, 4.69) is 10.4 Å². The molecule has 0 saturated carbocycles. The summed E-state index contributed by atoms with van der Waals surface area (Å²) in [5, 5.41) is 16.5. The molecule has 1 aliphatic rings. The highest BCUT2D eigenvalue weighted by atomic mass is 19.1. The summed E-state index contributed by atoms with van der Waals surface area (Å²) in [6.45, 7) is 0.706. The lowest BCUT2D eigenvalue weighted by Crippen LogP contribution is -2.24. The lowest BCUT2D eigenvalue weighted by atomic mass is 10.0. The number of nitrogens with zero attached hydrogens (tertiary/aromatic N) is 3. The second-order valence-corrected chi connectivity index (χ2v) is 7.81. The Morgan fingerprint density at radius 3 is 2.62 bits per heavy atom. The van der Waals surface area contributed by atoms with Crippen molar-refractivity contribution in [3.05, 3.63) is 64.7 Å². The molecule has 176 valence electrons. The number of amides is 1. The smallest absolute Gasteiger partial charge is 0.255 e. The zero-order valence-corrected chi connectivity index (χ0v) is 18.5. The van der Waals surface area contributed by atoms with Crippen LogP contribution in [0.2, 0.25) is 0 Å². The molecule has 1 fully saturated rings. The molecule has 1 amide bonds. The van der Waals surface area contributed by atoms with Gasteiger partial charge in [0.05, 0.1) is 18.7 Å². The van der Waals surface area contributed by atoms with Gasteiger partial charge < -0.3 is 20.5 Å². The van der Waals surface area contributed by atoms with Crippen LogP contribution in [0.25, 0.3) is 11.3 Å². The number of anilines is 1. The Labute approximate surface area is 194 Å². The van der Waals surface area contributed by atoms with Gasteiger partial charge in [0.1, 0.15) is 40.5 Å².